The summed E-state index contributed by atoms with van der Waals surface area (Å²) in [4.78, 5) is 12.1. The fourth-order valence-electron chi connectivity index (χ4n) is 2.10. The summed E-state index contributed by atoms with van der Waals surface area (Å²) in [5.74, 6) is 0.408. The summed E-state index contributed by atoms with van der Waals surface area (Å²) in [5, 5.41) is 23.5. The highest BCUT2D eigenvalue weighted by Crippen LogP contribution is 2.15. The number of aromatic nitrogens is 2. The molecule has 0 bridgehead atoms. The first-order valence-corrected chi connectivity index (χ1v) is 7.72. The zero-order chi connectivity index (χ0) is 16.7. The van der Waals surface area contributed by atoms with Gasteiger partial charge in [0.05, 0.1) is 11.8 Å². The highest BCUT2D eigenvalue weighted by atomic mass is 16.3. The Morgan fingerprint density at radius 1 is 1.26 bits per heavy atom. The molecule has 0 aliphatic heterocycles. The Balaban J connectivity index is 1.98. The number of rotatable bonds is 7. The van der Waals surface area contributed by atoms with Gasteiger partial charge in [0.15, 0.2) is 5.82 Å². The molecule has 1 heterocycles. The number of hydrogen-bond donors (Lipinski definition) is 3. The molecule has 3 N–H and O–H groups in total. The van der Waals surface area contributed by atoms with Crippen molar-refractivity contribution in [3.05, 3.63) is 47.7 Å². The highest BCUT2D eigenvalue weighted by molar-refractivity contribution is 5.95. The van der Waals surface area contributed by atoms with Crippen molar-refractivity contribution in [1.82, 2.24) is 15.5 Å². The minimum absolute atomic E-state index is 0.209. The zero-order valence-corrected chi connectivity index (χ0v) is 13.4. The third-order valence-electron chi connectivity index (χ3n) is 3.32. The summed E-state index contributed by atoms with van der Waals surface area (Å²) in [7, 11) is 0. The van der Waals surface area contributed by atoms with E-state index in [1.807, 2.05) is 32.0 Å². The van der Waals surface area contributed by atoms with Gasteiger partial charge in [0, 0.05) is 17.8 Å². The minimum Gasteiger partial charge on any atom is -0.391 e. The lowest BCUT2D eigenvalue weighted by Crippen LogP contribution is -2.32. The Morgan fingerprint density at radius 3 is 2.78 bits per heavy atom. The normalized spacial score (nSPS) is 11.8. The van der Waals surface area contributed by atoms with Gasteiger partial charge in [-0.2, -0.15) is 5.10 Å². The largest absolute Gasteiger partial charge is 0.391 e. The standard InChI is InChI=1S/C17H22N4O2/c1-3-5-15(22)11-18-17(23)13-6-4-7-14(10-13)19-16-9-8-12(2)20-21-16/h4,6-10,15,22H,3,5,11H2,1-2H3,(H,18,23)(H,19,21). The monoisotopic (exact) mass is 314 g/mol. The maximum Gasteiger partial charge on any atom is 0.251 e. The number of aliphatic hydroxyl groups excluding tert-OH is 1. The van der Waals surface area contributed by atoms with Gasteiger partial charge in [-0.25, -0.2) is 0 Å². The van der Waals surface area contributed by atoms with Crippen molar-refractivity contribution in [2.45, 2.75) is 32.8 Å². The van der Waals surface area contributed by atoms with Gasteiger partial charge in [-0.3, -0.25) is 4.79 Å². The molecule has 0 saturated carbocycles. The number of carbonyl (C=O) groups excluding carboxylic acids is 1. The topological polar surface area (TPSA) is 87.1 Å². The minimum atomic E-state index is -0.506. The first kappa shape index (κ1) is 16.9. The average molecular weight is 314 g/mol. The van der Waals surface area contributed by atoms with E-state index in [9.17, 15) is 9.90 Å². The Labute approximate surface area is 136 Å². The van der Waals surface area contributed by atoms with Crippen molar-refractivity contribution in [2.75, 3.05) is 11.9 Å². The fourth-order valence-corrected chi connectivity index (χ4v) is 2.10. The number of benzene rings is 1. The molecule has 1 unspecified atom stereocenters. The van der Waals surface area contributed by atoms with Crippen LogP contribution < -0.4 is 10.6 Å². The molecule has 0 aliphatic carbocycles. The van der Waals surface area contributed by atoms with E-state index >= 15 is 0 Å². The predicted octanol–water partition coefficient (Wildman–Crippen LogP) is 2.42. The molecule has 1 aromatic heterocycles. The zero-order valence-electron chi connectivity index (χ0n) is 13.4. The number of hydrogen-bond acceptors (Lipinski definition) is 5. The molecule has 2 aromatic rings. The first-order chi connectivity index (χ1) is 11.1. The quantitative estimate of drug-likeness (QED) is 0.730. The van der Waals surface area contributed by atoms with E-state index in [0.717, 1.165) is 17.8 Å². The summed E-state index contributed by atoms with van der Waals surface area (Å²) in [5.41, 5.74) is 2.12. The molecule has 1 aromatic carbocycles. The molecule has 6 heteroatoms. The molecule has 1 atom stereocenters. The Bertz CT molecular complexity index is 643. The van der Waals surface area contributed by atoms with Gasteiger partial charge in [0.1, 0.15) is 0 Å². The summed E-state index contributed by atoms with van der Waals surface area (Å²) in [6, 6.07) is 10.8. The molecular weight excluding hydrogens is 292 g/mol. The number of nitrogens with zero attached hydrogens (tertiary/aromatic N) is 2. The van der Waals surface area contributed by atoms with Crippen LogP contribution in [0.25, 0.3) is 0 Å². The van der Waals surface area contributed by atoms with Gasteiger partial charge >= 0.3 is 0 Å². The van der Waals surface area contributed by atoms with E-state index in [1.165, 1.54) is 0 Å². The van der Waals surface area contributed by atoms with E-state index < -0.39 is 6.10 Å². The van der Waals surface area contributed by atoms with E-state index in [-0.39, 0.29) is 12.5 Å². The van der Waals surface area contributed by atoms with Crippen molar-refractivity contribution in [3.63, 3.8) is 0 Å². The molecule has 0 radical (unpaired) electrons. The Morgan fingerprint density at radius 2 is 2.09 bits per heavy atom. The maximum atomic E-state index is 12.1. The molecule has 122 valence electrons. The molecule has 0 spiro atoms. The van der Waals surface area contributed by atoms with E-state index in [4.69, 9.17) is 0 Å². The van der Waals surface area contributed by atoms with Crippen molar-refractivity contribution in [2.24, 2.45) is 0 Å². The van der Waals surface area contributed by atoms with Gasteiger partial charge in [-0.1, -0.05) is 19.4 Å². The van der Waals surface area contributed by atoms with Crippen LogP contribution in [0.5, 0.6) is 0 Å². The molecule has 6 nitrogen and oxygen atoms in total. The van der Waals surface area contributed by atoms with Gasteiger partial charge in [-0.15, -0.1) is 5.10 Å². The third-order valence-corrected chi connectivity index (χ3v) is 3.32. The molecular formula is C17H22N4O2. The second-order valence-electron chi connectivity index (χ2n) is 5.42. The van der Waals surface area contributed by atoms with Crippen LogP contribution in [0.2, 0.25) is 0 Å². The second kappa shape index (κ2) is 8.24. The van der Waals surface area contributed by atoms with Gasteiger partial charge in [0.2, 0.25) is 0 Å². The van der Waals surface area contributed by atoms with Crippen molar-refractivity contribution in [3.8, 4) is 0 Å². The maximum absolute atomic E-state index is 12.1. The number of aryl methyl sites for hydroxylation is 1. The van der Waals surface area contributed by atoms with Crippen LogP contribution in [0.4, 0.5) is 11.5 Å². The molecule has 2 rings (SSSR count). The average Bonchev–Trinajstić information content (AvgIpc) is 2.55. The molecule has 0 aliphatic rings. The highest BCUT2D eigenvalue weighted by Gasteiger charge is 2.09. The first-order valence-electron chi connectivity index (χ1n) is 7.72. The second-order valence-corrected chi connectivity index (χ2v) is 5.42. The van der Waals surface area contributed by atoms with Crippen molar-refractivity contribution >= 4 is 17.4 Å². The van der Waals surface area contributed by atoms with Crippen LogP contribution in [0.1, 0.15) is 35.8 Å². The molecule has 23 heavy (non-hydrogen) atoms. The third kappa shape index (κ3) is 5.34. The van der Waals surface area contributed by atoms with Gasteiger partial charge in [-0.05, 0) is 43.7 Å². The fraction of sp³-hybridized carbons (Fsp3) is 0.353. The number of carbonyl (C=O) groups is 1. The van der Waals surface area contributed by atoms with Crippen LogP contribution in [0.3, 0.4) is 0 Å². The summed E-state index contributed by atoms with van der Waals surface area (Å²) in [6.07, 6.45) is 1.05. The lowest BCUT2D eigenvalue weighted by molar-refractivity contribution is 0.0910. The van der Waals surface area contributed by atoms with E-state index in [1.54, 1.807) is 18.2 Å². The van der Waals surface area contributed by atoms with Crippen LogP contribution in [0.15, 0.2) is 36.4 Å². The SMILES string of the molecule is CCCC(O)CNC(=O)c1cccc(Nc2ccc(C)nn2)c1. The number of aliphatic hydroxyl groups is 1. The van der Waals surface area contributed by atoms with Crippen LogP contribution >= 0.6 is 0 Å². The van der Waals surface area contributed by atoms with Crippen LogP contribution in [-0.2, 0) is 0 Å². The predicted molar refractivity (Wildman–Crippen MR) is 89.7 cm³/mol. The lowest BCUT2D eigenvalue weighted by atomic mass is 10.1. The summed E-state index contributed by atoms with van der Waals surface area (Å²) < 4.78 is 0. The molecule has 0 fully saturated rings. The van der Waals surface area contributed by atoms with Gasteiger partial charge < -0.3 is 15.7 Å². The smallest absolute Gasteiger partial charge is 0.251 e. The van der Waals surface area contributed by atoms with Crippen LogP contribution in [0, 0.1) is 6.92 Å². The number of amides is 1. The van der Waals surface area contributed by atoms with E-state index in [0.29, 0.717) is 17.8 Å². The summed E-state index contributed by atoms with van der Waals surface area (Å²) >= 11 is 0. The number of anilines is 2. The summed E-state index contributed by atoms with van der Waals surface area (Å²) in [6.45, 7) is 4.12. The number of nitrogens with one attached hydrogen (secondary N) is 2. The van der Waals surface area contributed by atoms with E-state index in [2.05, 4.69) is 20.8 Å². The van der Waals surface area contributed by atoms with Crippen molar-refractivity contribution in [1.29, 1.82) is 0 Å². The van der Waals surface area contributed by atoms with Crippen LogP contribution in [-0.4, -0.2) is 33.9 Å². The van der Waals surface area contributed by atoms with Gasteiger partial charge in [0.25, 0.3) is 5.91 Å². The molecule has 0 saturated heterocycles. The Kier molecular flexibility index (Phi) is 6.05. The lowest BCUT2D eigenvalue weighted by Gasteiger charge is -2.11. The Hall–Kier alpha value is -2.47. The van der Waals surface area contributed by atoms with Crippen molar-refractivity contribution < 1.29 is 9.90 Å². The molecule has 1 amide bonds.